The van der Waals surface area contributed by atoms with E-state index in [-0.39, 0.29) is 36.7 Å². The SMILES string of the molecule is CC/C=C/C/C=C/C/C=C/CCCCCCCCC(=O)OCC(COCCC(C(=O)O)[N+](C)(C)C)OC(=O)C/C=C/C/C=C/C/C=C/CC. The van der Waals surface area contributed by atoms with E-state index in [0.717, 1.165) is 70.6 Å². The van der Waals surface area contributed by atoms with Crippen LogP contribution in [-0.4, -0.2) is 80.6 Å². The van der Waals surface area contributed by atoms with Crippen molar-refractivity contribution in [2.45, 2.75) is 129 Å². The highest BCUT2D eigenvalue weighted by Crippen LogP contribution is 2.11. The number of rotatable bonds is 31. The summed E-state index contributed by atoms with van der Waals surface area (Å²) in [5.41, 5.74) is 0. The van der Waals surface area contributed by atoms with Crippen LogP contribution in [0.1, 0.15) is 117 Å². The van der Waals surface area contributed by atoms with Crippen molar-refractivity contribution in [1.82, 2.24) is 0 Å². The molecule has 278 valence electrons. The molecular formula is C41H68NO7+. The van der Waals surface area contributed by atoms with Crippen LogP contribution in [-0.2, 0) is 28.6 Å². The Morgan fingerprint density at radius 1 is 0.633 bits per heavy atom. The highest BCUT2D eigenvalue weighted by molar-refractivity contribution is 5.72. The third-order valence-electron chi connectivity index (χ3n) is 7.63. The minimum Gasteiger partial charge on any atom is -0.477 e. The first-order valence-electron chi connectivity index (χ1n) is 18.5. The summed E-state index contributed by atoms with van der Waals surface area (Å²) < 4.78 is 17.0. The van der Waals surface area contributed by atoms with Crippen LogP contribution < -0.4 is 0 Å². The Balaban J connectivity index is 4.49. The van der Waals surface area contributed by atoms with Crippen LogP contribution in [0.15, 0.2) is 72.9 Å². The van der Waals surface area contributed by atoms with Gasteiger partial charge in [0.05, 0.1) is 40.8 Å². The molecule has 0 aromatic heterocycles. The van der Waals surface area contributed by atoms with E-state index in [1.54, 1.807) is 6.08 Å². The Morgan fingerprint density at radius 2 is 1.14 bits per heavy atom. The molecule has 0 bridgehead atoms. The zero-order valence-corrected chi connectivity index (χ0v) is 31.4. The molecule has 0 fully saturated rings. The minimum atomic E-state index is -0.894. The van der Waals surface area contributed by atoms with E-state index in [0.29, 0.717) is 12.8 Å². The lowest BCUT2D eigenvalue weighted by molar-refractivity contribution is -0.887. The van der Waals surface area contributed by atoms with Crippen molar-refractivity contribution in [3.05, 3.63) is 72.9 Å². The third kappa shape index (κ3) is 30.6. The third-order valence-corrected chi connectivity index (χ3v) is 7.63. The van der Waals surface area contributed by atoms with Gasteiger partial charge in [-0.1, -0.05) is 112 Å². The van der Waals surface area contributed by atoms with Crippen LogP contribution in [0.25, 0.3) is 0 Å². The van der Waals surface area contributed by atoms with Crippen molar-refractivity contribution in [2.24, 2.45) is 0 Å². The van der Waals surface area contributed by atoms with Gasteiger partial charge in [0, 0.05) is 12.8 Å². The molecule has 0 aliphatic heterocycles. The molecule has 0 saturated heterocycles. The van der Waals surface area contributed by atoms with Crippen molar-refractivity contribution >= 4 is 17.9 Å². The Morgan fingerprint density at radius 3 is 1.69 bits per heavy atom. The number of aliphatic carboxylic acids is 1. The fourth-order valence-electron chi connectivity index (χ4n) is 4.81. The lowest BCUT2D eigenvalue weighted by atomic mass is 10.1. The van der Waals surface area contributed by atoms with Crippen LogP contribution in [0, 0.1) is 0 Å². The van der Waals surface area contributed by atoms with Gasteiger partial charge in [0.1, 0.15) is 6.61 Å². The standard InChI is InChI=1S/C41H67NO7/c1-6-8-10-12-14-16-17-18-19-20-21-22-24-25-27-29-31-39(43)48-36-37(35-47-34-33-38(41(45)46)42(3,4)5)49-40(44)32-30-28-26-23-15-13-11-9-7-2/h8-11,14-16,18-19,23,28,30,37-38H,6-7,12-13,17,20-22,24-27,29,31-36H2,1-5H3/p+1/b10-8+,11-9+,16-14+,19-18+,23-15+,30-28+. The molecule has 8 heteroatoms. The number of hydrogen-bond donors (Lipinski definition) is 1. The molecule has 8 nitrogen and oxygen atoms in total. The molecule has 0 aliphatic carbocycles. The summed E-state index contributed by atoms with van der Waals surface area (Å²) >= 11 is 0. The molecule has 0 spiro atoms. The first-order chi connectivity index (χ1) is 23.6. The molecule has 49 heavy (non-hydrogen) atoms. The molecule has 2 atom stereocenters. The molecule has 0 radical (unpaired) electrons. The van der Waals surface area contributed by atoms with Crippen molar-refractivity contribution in [1.29, 1.82) is 0 Å². The molecule has 1 N–H and O–H groups in total. The lowest BCUT2D eigenvalue weighted by Crippen LogP contribution is -2.50. The van der Waals surface area contributed by atoms with E-state index in [2.05, 4.69) is 68.5 Å². The largest absolute Gasteiger partial charge is 0.477 e. The lowest BCUT2D eigenvalue weighted by Gasteiger charge is -2.31. The van der Waals surface area contributed by atoms with Gasteiger partial charge in [0.25, 0.3) is 0 Å². The predicted octanol–water partition coefficient (Wildman–Crippen LogP) is 9.24. The van der Waals surface area contributed by atoms with Crippen LogP contribution >= 0.6 is 0 Å². The number of esters is 2. The van der Waals surface area contributed by atoms with E-state index in [1.807, 2.05) is 33.3 Å². The van der Waals surface area contributed by atoms with Gasteiger partial charge in [-0.3, -0.25) is 9.59 Å². The Labute approximate surface area is 298 Å². The van der Waals surface area contributed by atoms with Gasteiger partial charge in [0.2, 0.25) is 0 Å². The number of ether oxygens (including phenoxy) is 3. The number of hydrogen-bond acceptors (Lipinski definition) is 6. The molecule has 2 unspecified atom stereocenters. The normalized spacial score (nSPS) is 13.9. The maximum Gasteiger partial charge on any atom is 0.362 e. The number of likely N-dealkylation sites (N-methyl/N-ethyl adjacent to an activating group) is 1. The molecule has 0 rings (SSSR count). The van der Waals surface area contributed by atoms with Gasteiger partial charge in [-0.25, -0.2) is 4.79 Å². The van der Waals surface area contributed by atoms with Crippen LogP contribution in [0.3, 0.4) is 0 Å². The number of carboxylic acids is 1. The van der Waals surface area contributed by atoms with Gasteiger partial charge in [0.15, 0.2) is 12.1 Å². The number of unbranched alkanes of at least 4 members (excludes halogenated alkanes) is 6. The fraction of sp³-hybridized carbons (Fsp3) is 0.634. The van der Waals surface area contributed by atoms with Crippen molar-refractivity contribution < 1.29 is 38.2 Å². The Hall–Kier alpha value is -3.23. The molecule has 0 heterocycles. The highest BCUT2D eigenvalue weighted by atomic mass is 16.6. The second-order valence-electron chi connectivity index (χ2n) is 13.1. The van der Waals surface area contributed by atoms with E-state index in [4.69, 9.17) is 14.2 Å². The smallest absolute Gasteiger partial charge is 0.362 e. The number of carbonyl (C=O) groups is 3. The second-order valence-corrected chi connectivity index (χ2v) is 13.1. The predicted molar refractivity (Wildman–Crippen MR) is 201 cm³/mol. The molecule has 0 saturated carbocycles. The van der Waals surface area contributed by atoms with E-state index >= 15 is 0 Å². The van der Waals surface area contributed by atoms with Gasteiger partial charge in [-0.15, -0.1) is 0 Å². The topological polar surface area (TPSA) is 99.1 Å². The Kier molecular flexibility index (Phi) is 29.9. The van der Waals surface area contributed by atoms with Gasteiger partial charge in [-0.05, 0) is 57.8 Å². The van der Waals surface area contributed by atoms with Crippen LogP contribution in [0.4, 0.5) is 0 Å². The van der Waals surface area contributed by atoms with E-state index in [1.165, 1.54) is 12.8 Å². The first-order valence-corrected chi connectivity index (χ1v) is 18.5. The van der Waals surface area contributed by atoms with Gasteiger partial charge in [-0.2, -0.15) is 0 Å². The number of allylic oxidation sites excluding steroid dienone is 11. The fourth-order valence-corrected chi connectivity index (χ4v) is 4.81. The monoisotopic (exact) mass is 686 g/mol. The number of carbonyl (C=O) groups excluding carboxylic acids is 2. The molecule has 0 aromatic carbocycles. The zero-order chi connectivity index (χ0) is 36.4. The van der Waals surface area contributed by atoms with Crippen LogP contribution in [0.2, 0.25) is 0 Å². The van der Waals surface area contributed by atoms with E-state index in [9.17, 15) is 19.5 Å². The summed E-state index contributed by atoms with van der Waals surface area (Å²) in [4.78, 5) is 36.6. The molecule has 0 amide bonds. The minimum absolute atomic E-state index is 0.0166. The number of carboxylic acid groups (broad SMARTS) is 1. The summed E-state index contributed by atoms with van der Waals surface area (Å²) in [7, 11) is 5.47. The quantitative estimate of drug-likeness (QED) is 0.0336. The van der Waals surface area contributed by atoms with Gasteiger partial charge >= 0.3 is 17.9 Å². The summed E-state index contributed by atoms with van der Waals surface area (Å²) in [5, 5.41) is 9.56. The maximum absolute atomic E-state index is 12.5. The second kappa shape index (κ2) is 32.0. The maximum atomic E-state index is 12.5. The average Bonchev–Trinajstić information content (AvgIpc) is 3.05. The summed E-state index contributed by atoms with van der Waals surface area (Å²) in [6.07, 6.45) is 38.5. The van der Waals surface area contributed by atoms with Gasteiger partial charge < -0.3 is 23.8 Å². The van der Waals surface area contributed by atoms with Crippen molar-refractivity contribution in [3.63, 3.8) is 0 Å². The Bertz CT molecular complexity index is 1030. The number of quaternary nitrogens is 1. The summed E-state index contributed by atoms with van der Waals surface area (Å²) in [6.45, 7) is 4.34. The van der Waals surface area contributed by atoms with E-state index < -0.39 is 24.1 Å². The molecule has 0 aromatic rings. The summed E-state index contributed by atoms with van der Waals surface area (Å²) in [6, 6.07) is -0.631. The average molecular weight is 687 g/mol. The van der Waals surface area contributed by atoms with Crippen molar-refractivity contribution in [3.8, 4) is 0 Å². The molecule has 0 aliphatic rings. The molecular weight excluding hydrogens is 618 g/mol. The zero-order valence-electron chi connectivity index (χ0n) is 31.4. The highest BCUT2D eigenvalue weighted by Gasteiger charge is 2.31. The first kappa shape index (κ1) is 45.8. The number of nitrogens with zero attached hydrogens (tertiary/aromatic N) is 1. The summed E-state index contributed by atoms with van der Waals surface area (Å²) in [5.74, 6) is -1.65. The van der Waals surface area contributed by atoms with Crippen molar-refractivity contribution in [2.75, 3.05) is 41.0 Å². The van der Waals surface area contributed by atoms with Crippen LogP contribution in [0.5, 0.6) is 0 Å².